The van der Waals surface area contributed by atoms with Crippen LogP contribution in [0.5, 0.6) is 0 Å². The first kappa shape index (κ1) is 17.5. The maximum Gasteiger partial charge on any atom is 0.417 e. The van der Waals surface area contributed by atoms with Crippen LogP contribution in [0.4, 0.5) is 4.79 Å². The number of aliphatic hydroxyl groups is 1. The van der Waals surface area contributed by atoms with Gasteiger partial charge in [-0.2, -0.15) is 0 Å². The molecule has 0 aromatic heterocycles. The minimum absolute atomic E-state index is 0.0999. The normalized spacial score (nSPS) is 14.1. The summed E-state index contributed by atoms with van der Waals surface area (Å²) in [4.78, 5) is 13.1. The van der Waals surface area contributed by atoms with Gasteiger partial charge in [0.25, 0.3) is 0 Å². The summed E-state index contributed by atoms with van der Waals surface area (Å²) in [5, 5.41) is 20.3. The molecule has 0 aliphatic carbocycles. The van der Waals surface area contributed by atoms with Crippen molar-refractivity contribution in [3.8, 4) is 0 Å². The summed E-state index contributed by atoms with van der Waals surface area (Å²) >= 11 is 0. The van der Waals surface area contributed by atoms with Gasteiger partial charge in [-0.1, -0.05) is 5.16 Å². The van der Waals surface area contributed by atoms with Crippen molar-refractivity contribution in [3.05, 3.63) is 0 Å². The van der Waals surface area contributed by atoms with Crippen LogP contribution in [-0.4, -0.2) is 45.5 Å². The van der Waals surface area contributed by atoms with Crippen molar-refractivity contribution in [1.29, 1.82) is 0 Å². The number of aliphatic hydroxyl groups excluding tert-OH is 1. The smallest absolute Gasteiger partial charge is 0.417 e. The Morgan fingerprint density at radius 3 is 2.42 bits per heavy atom. The summed E-state index contributed by atoms with van der Waals surface area (Å²) < 4.78 is 5.22. The van der Waals surface area contributed by atoms with E-state index in [9.17, 15) is 4.79 Å². The molecule has 0 saturated heterocycles. The highest BCUT2D eigenvalue weighted by atomic mass is 16.6. The lowest BCUT2D eigenvalue weighted by Gasteiger charge is -2.30. The van der Waals surface area contributed by atoms with Crippen molar-refractivity contribution in [1.82, 2.24) is 4.90 Å². The monoisotopic (exact) mass is 275 g/mol. The molecule has 0 heterocycles. The second kappa shape index (κ2) is 7.83. The average molecular weight is 275 g/mol. The first-order chi connectivity index (χ1) is 8.72. The minimum Gasteiger partial charge on any atom is -0.443 e. The molecule has 1 atom stereocenters. The highest BCUT2D eigenvalue weighted by Gasteiger charge is 2.28. The molecule has 0 fully saturated rings. The number of nitrogens with zero attached hydrogens (tertiary/aromatic N) is 2. The molecular formula is C12H25N3O4. The zero-order valence-electron chi connectivity index (χ0n) is 12.1. The van der Waals surface area contributed by atoms with Gasteiger partial charge >= 0.3 is 6.09 Å². The van der Waals surface area contributed by atoms with Gasteiger partial charge < -0.3 is 20.8 Å². The zero-order chi connectivity index (χ0) is 15.1. The quantitative estimate of drug-likeness (QED) is 0.231. The average Bonchev–Trinajstić information content (AvgIpc) is 2.26. The summed E-state index contributed by atoms with van der Waals surface area (Å²) in [7, 11) is 0. The van der Waals surface area contributed by atoms with Crippen LogP contribution in [0.1, 0.15) is 47.0 Å². The van der Waals surface area contributed by atoms with E-state index in [2.05, 4.69) is 5.16 Å². The standard InChI is InChI=1S/C12H25N3O4/c1-9(7-5-6-8-16)15(10(13)14-18)11(17)19-12(2,3)4/h9,16,18H,5-8H2,1-4H3,(H2,13,14)/t9-/m1/s1. The van der Waals surface area contributed by atoms with Crippen LogP contribution in [0.2, 0.25) is 0 Å². The number of carbonyl (C=O) groups excluding carboxylic acids is 1. The molecule has 0 rings (SSSR count). The van der Waals surface area contributed by atoms with Crippen LogP contribution in [-0.2, 0) is 4.74 Å². The van der Waals surface area contributed by atoms with Crippen LogP contribution in [0, 0.1) is 0 Å². The number of ether oxygens (including phenoxy) is 1. The number of oxime groups is 1. The Bertz CT molecular complexity index is 313. The molecule has 1 amide bonds. The van der Waals surface area contributed by atoms with Gasteiger partial charge in [-0.05, 0) is 47.0 Å². The molecular weight excluding hydrogens is 250 g/mol. The van der Waals surface area contributed by atoms with E-state index >= 15 is 0 Å². The molecule has 7 heteroatoms. The number of guanidine groups is 1. The third kappa shape index (κ3) is 6.85. The fourth-order valence-corrected chi connectivity index (χ4v) is 1.54. The molecule has 7 nitrogen and oxygen atoms in total. The van der Waals surface area contributed by atoms with Crippen molar-refractivity contribution in [2.75, 3.05) is 6.61 Å². The van der Waals surface area contributed by atoms with E-state index in [0.29, 0.717) is 12.8 Å². The summed E-state index contributed by atoms with van der Waals surface area (Å²) in [6, 6.07) is -0.280. The highest BCUT2D eigenvalue weighted by Crippen LogP contribution is 2.14. The van der Waals surface area contributed by atoms with Crippen LogP contribution in [0.25, 0.3) is 0 Å². The number of carbonyl (C=O) groups is 1. The van der Waals surface area contributed by atoms with Gasteiger partial charge in [-0.3, -0.25) is 0 Å². The van der Waals surface area contributed by atoms with E-state index < -0.39 is 11.7 Å². The van der Waals surface area contributed by atoms with E-state index in [1.807, 2.05) is 0 Å². The summed E-state index contributed by atoms with van der Waals surface area (Å²) in [5.74, 6) is -0.300. The van der Waals surface area contributed by atoms with Gasteiger partial charge in [0.05, 0.1) is 0 Å². The topological polar surface area (TPSA) is 108 Å². The molecule has 0 spiro atoms. The second-order valence-corrected chi connectivity index (χ2v) is 5.38. The van der Waals surface area contributed by atoms with Crippen LogP contribution >= 0.6 is 0 Å². The Hall–Kier alpha value is -1.50. The predicted octanol–water partition coefficient (Wildman–Crippen LogP) is 1.48. The van der Waals surface area contributed by atoms with Gasteiger partial charge in [0.15, 0.2) is 0 Å². The van der Waals surface area contributed by atoms with Crippen molar-refractivity contribution in [3.63, 3.8) is 0 Å². The fraction of sp³-hybridized carbons (Fsp3) is 0.833. The van der Waals surface area contributed by atoms with Crippen molar-refractivity contribution in [2.24, 2.45) is 10.9 Å². The first-order valence-corrected chi connectivity index (χ1v) is 6.33. The molecule has 0 aromatic rings. The number of hydrogen-bond donors (Lipinski definition) is 3. The minimum atomic E-state index is -0.657. The Morgan fingerprint density at radius 1 is 1.42 bits per heavy atom. The van der Waals surface area contributed by atoms with Crippen molar-refractivity contribution >= 4 is 12.1 Å². The summed E-state index contributed by atoms with van der Waals surface area (Å²) in [5.41, 5.74) is 4.86. The number of rotatable bonds is 5. The number of amides is 1. The Labute approximate surface area is 114 Å². The lowest BCUT2D eigenvalue weighted by atomic mass is 10.1. The van der Waals surface area contributed by atoms with Gasteiger partial charge in [0.2, 0.25) is 5.96 Å². The third-order valence-electron chi connectivity index (χ3n) is 2.41. The molecule has 0 unspecified atom stereocenters. The molecule has 4 N–H and O–H groups in total. The Morgan fingerprint density at radius 2 is 2.00 bits per heavy atom. The molecule has 0 saturated carbocycles. The lowest BCUT2D eigenvalue weighted by molar-refractivity contribution is 0.0306. The highest BCUT2D eigenvalue weighted by molar-refractivity contribution is 5.93. The number of hydrogen-bond acceptors (Lipinski definition) is 5. The fourth-order valence-electron chi connectivity index (χ4n) is 1.54. The van der Waals surface area contributed by atoms with Crippen LogP contribution < -0.4 is 5.73 Å². The molecule has 0 aromatic carbocycles. The molecule has 0 aliphatic heterocycles. The zero-order valence-corrected chi connectivity index (χ0v) is 12.1. The van der Waals surface area contributed by atoms with Crippen molar-refractivity contribution in [2.45, 2.75) is 58.6 Å². The van der Waals surface area contributed by atoms with Crippen LogP contribution in [0.3, 0.4) is 0 Å². The maximum atomic E-state index is 12.0. The van der Waals surface area contributed by atoms with E-state index in [1.54, 1.807) is 27.7 Å². The van der Waals surface area contributed by atoms with E-state index in [4.69, 9.17) is 20.8 Å². The lowest BCUT2D eigenvalue weighted by Crippen LogP contribution is -2.49. The van der Waals surface area contributed by atoms with Gasteiger partial charge in [0, 0.05) is 12.6 Å². The SMILES string of the molecule is C[C@H](CCCCO)N(C(=O)OC(C)(C)C)/C(N)=N\O. The van der Waals surface area contributed by atoms with Gasteiger partial charge in [-0.25, -0.2) is 9.69 Å². The second-order valence-electron chi connectivity index (χ2n) is 5.38. The maximum absolute atomic E-state index is 12.0. The molecule has 0 aliphatic rings. The van der Waals surface area contributed by atoms with E-state index in [1.165, 1.54) is 0 Å². The Kier molecular flexibility index (Phi) is 7.21. The molecule has 0 bridgehead atoms. The van der Waals surface area contributed by atoms with E-state index in [0.717, 1.165) is 11.3 Å². The van der Waals surface area contributed by atoms with Gasteiger partial charge in [0.1, 0.15) is 5.60 Å². The summed E-state index contributed by atoms with van der Waals surface area (Å²) in [6.07, 6.45) is 1.34. The van der Waals surface area contributed by atoms with Crippen LogP contribution in [0.15, 0.2) is 5.16 Å². The van der Waals surface area contributed by atoms with Gasteiger partial charge in [-0.15, -0.1) is 0 Å². The number of nitrogens with two attached hydrogens (primary N) is 1. The van der Waals surface area contributed by atoms with E-state index in [-0.39, 0.29) is 18.6 Å². The first-order valence-electron chi connectivity index (χ1n) is 6.33. The third-order valence-corrected chi connectivity index (χ3v) is 2.41. The predicted molar refractivity (Wildman–Crippen MR) is 71.9 cm³/mol. The molecule has 0 radical (unpaired) electrons. The largest absolute Gasteiger partial charge is 0.443 e. The summed E-state index contributed by atoms with van der Waals surface area (Å²) in [6.45, 7) is 7.10. The van der Waals surface area contributed by atoms with Crippen molar-refractivity contribution < 1.29 is 19.8 Å². The number of unbranched alkanes of at least 4 members (excludes halogenated alkanes) is 1. The molecule has 112 valence electrons. The molecule has 19 heavy (non-hydrogen) atoms. The Balaban J connectivity index is 4.76.